The third-order valence-corrected chi connectivity index (χ3v) is 6.61. The number of carbonyl (C=O) groups excluding carboxylic acids is 3. The van der Waals surface area contributed by atoms with E-state index in [0.717, 1.165) is 18.7 Å². The van der Waals surface area contributed by atoms with E-state index in [0.29, 0.717) is 14.8 Å². The number of benzene rings is 1. The van der Waals surface area contributed by atoms with Gasteiger partial charge in [0.15, 0.2) is 6.23 Å². The SMILES string of the molecule is COC(=O)O[C@H]1C[C@@H](NC(=O)c2ccc(Cl)s2)CN1C(=O)c1ccc2c(c1)CN(C)C2. The van der Waals surface area contributed by atoms with Gasteiger partial charge in [-0.2, -0.15) is 0 Å². The molecule has 3 heterocycles. The Morgan fingerprint density at radius 2 is 1.94 bits per heavy atom. The van der Waals surface area contributed by atoms with Crippen LogP contribution in [0.1, 0.15) is 37.6 Å². The molecule has 1 N–H and O–H groups in total. The number of halogens is 1. The number of carbonyl (C=O) groups is 3. The van der Waals surface area contributed by atoms with Crippen molar-refractivity contribution in [3.8, 4) is 0 Å². The minimum Gasteiger partial charge on any atom is -0.438 e. The zero-order valence-corrected chi connectivity index (χ0v) is 18.7. The number of ether oxygens (including phenoxy) is 2. The van der Waals surface area contributed by atoms with Gasteiger partial charge in [0.1, 0.15) is 0 Å². The fraction of sp³-hybridized carbons (Fsp3) is 0.381. The Morgan fingerprint density at radius 3 is 2.65 bits per heavy atom. The standard InChI is InChI=1S/C21H22ClN3O5S/c1-24-9-13-4-3-12(7-14(13)10-24)20(27)25-11-15(8-18(25)30-21(28)29-2)23-19(26)16-5-6-17(22)31-16/h3-7,15,18H,8-11H2,1-2H3,(H,23,26)/t15-,18+/m1/s1. The van der Waals surface area contributed by atoms with E-state index >= 15 is 0 Å². The summed E-state index contributed by atoms with van der Waals surface area (Å²) < 4.78 is 10.4. The van der Waals surface area contributed by atoms with Crippen LogP contribution in [0, 0.1) is 0 Å². The minimum absolute atomic E-state index is 0.211. The monoisotopic (exact) mass is 463 g/mol. The van der Waals surface area contributed by atoms with Gasteiger partial charge in [0.05, 0.1) is 22.4 Å². The van der Waals surface area contributed by atoms with Crippen LogP contribution in [0.3, 0.4) is 0 Å². The third-order valence-electron chi connectivity index (χ3n) is 5.38. The van der Waals surface area contributed by atoms with Gasteiger partial charge in [-0.25, -0.2) is 4.79 Å². The molecule has 10 heteroatoms. The van der Waals surface area contributed by atoms with E-state index in [4.69, 9.17) is 16.3 Å². The second kappa shape index (κ2) is 8.86. The highest BCUT2D eigenvalue weighted by atomic mass is 35.5. The largest absolute Gasteiger partial charge is 0.509 e. The molecule has 0 unspecified atom stereocenters. The van der Waals surface area contributed by atoms with E-state index in [2.05, 4.69) is 15.0 Å². The van der Waals surface area contributed by atoms with Crippen molar-refractivity contribution in [1.29, 1.82) is 0 Å². The highest BCUT2D eigenvalue weighted by Crippen LogP contribution is 2.27. The smallest absolute Gasteiger partial charge is 0.438 e. The van der Waals surface area contributed by atoms with Crippen molar-refractivity contribution in [2.45, 2.75) is 31.8 Å². The van der Waals surface area contributed by atoms with Crippen molar-refractivity contribution in [2.75, 3.05) is 20.7 Å². The Labute approximate surface area is 188 Å². The predicted molar refractivity (Wildman–Crippen MR) is 115 cm³/mol. The Balaban J connectivity index is 1.51. The van der Waals surface area contributed by atoms with E-state index in [1.807, 2.05) is 19.2 Å². The molecule has 2 aliphatic rings. The second-order valence-electron chi connectivity index (χ2n) is 7.65. The van der Waals surface area contributed by atoms with Crippen LogP contribution in [-0.4, -0.2) is 60.7 Å². The topological polar surface area (TPSA) is 88.2 Å². The van der Waals surface area contributed by atoms with Crippen molar-refractivity contribution < 1.29 is 23.9 Å². The fourth-order valence-electron chi connectivity index (χ4n) is 3.95. The number of rotatable bonds is 4. The molecule has 31 heavy (non-hydrogen) atoms. The number of likely N-dealkylation sites (tertiary alicyclic amines) is 1. The number of fused-ring (bicyclic) bond motifs is 1. The lowest BCUT2D eigenvalue weighted by Gasteiger charge is -2.24. The summed E-state index contributed by atoms with van der Waals surface area (Å²) >= 11 is 7.08. The van der Waals surface area contributed by atoms with Crippen molar-refractivity contribution in [3.05, 3.63) is 56.2 Å². The Bertz CT molecular complexity index is 1030. The number of nitrogens with zero attached hydrogens (tertiary/aromatic N) is 2. The number of hydrogen-bond acceptors (Lipinski definition) is 7. The molecule has 0 bridgehead atoms. The molecule has 2 atom stereocenters. The molecule has 2 aromatic rings. The second-order valence-corrected chi connectivity index (χ2v) is 9.36. The van der Waals surface area contributed by atoms with Crippen LogP contribution in [0.25, 0.3) is 0 Å². The van der Waals surface area contributed by atoms with Crippen LogP contribution in [-0.2, 0) is 22.6 Å². The van der Waals surface area contributed by atoms with E-state index in [1.165, 1.54) is 28.9 Å². The first-order valence-electron chi connectivity index (χ1n) is 9.76. The Kier molecular flexibility index (Phi) is 6.17. The van der Waals surface area contributed by atoms with Gasteiger partial charge in [0.25, 0.3) is 11.8 Å². The first-order chi connectivity index (χ1) is 14.8. The minimum atomic E-state index is -0.879. The van der Waals surface area contributed by atoms with E-state index in [1.54, 1.807) is 18.2 Å². The Hall–Kier alpha value is -2.62. The lowest BCUT2D eigenvalue weighted by atomic mass is 10.1. The predicted octanol–water partition coefficient (Wildman–Crippen LogP) is 3.10. The van der Waals surface area contributed by atoms with Crippen LogP contribution >= 0.6 is 22.9 Å². The van der Waals surface area contributed by atoms with Crippen LogP contribution in [0.15, 0.2) is 30.3 Å². The van der Waals surface area contributed by atoms with Gasteiger partial charge < -0.3 is 19.7 Å². The molecule has 8 nitrogen and oxygen atoms in total. The van der Waals surface area contributed by atoms with Gasteiger partial charge in [-0.05, 0) is 42.4 Å². The highest BCUT2D eigenvalue weighted by Gasteiger charge is 2.39. The van der Waals surface area contributed by atoms with Gasteiger partial charge in [0.2, 0.25) is 0 Å². The van der Waals surface area contributed by atoms with E-state index < -0.39 is 12.4 Å². The summed E-state index contributed by atoms with van der Waals surface area (Å²) in [5, 5.41) is 2.89. The molecule has 0 spiro atoms. The van der Waals surface area contributed by atoms with Crippen molar-refractivity contribution >= 4 is 40.9 Å². The average Bonchev–Trinajstić information content (AvgIpc) is 3.44. The van der Waals surface area contributed by atoms with Gasteiger partial charge >= 0.3 is 6.16 Å². The molecule has 164 valence electrons. The summed E-state index contributed by atoms with van der Waals surface area (Å²) in [5.74, 6) is -0.546. The average molecular weight is 464 g/mol. The molecule has 2 amide bonds. The first-order valence-corrected chi connectivity index (χ1v) is 11.0. The summed E-state index contributed by atoms with van der Waals surface area (Å²) in [7, 11) is 3.23. The van der Waals surface area contributed by atoms with Crippen LogP contribution in [0.2, 0.25) is 4.34 Å². The van der Waals surface area contributed by atoms with Gasteiger partial charge in [-0.15, -0.1) is 11.3 Å². The summed E-state index contributed by atoms with van der Waals surface area (Å²) in [4.78, 5) is 41.6. The van der Waals surface area contributed by atoms with Crippen molar-refractivity contribution in [1.82, 2.24) is 15.1 Å². The number of methoxy groups -OCH3 is 1. The molecule has 0 aliphatic carbocycles. The van der Waals surface area contributed by atoms with Crippen LogP contribution in [0.5, 0.6) is 0 Å². The first kappa shape index (κ1) is 21.6. The quantitative estimate of drug-likeness (QED) is 0.701. The zero-order chi connectivity index (χ0) is 22.1. The summed E-state index contributed by atoms with van der Waals surface area (Å²) in [6, 6.07) is 8.54. The van der Waals surface area contributed by atoms with Crippen molar-refractivity contribution in [3.63, 3.8) is 0 Å². The van der Waals surface area contributed by atoms with Gasteiger partial charge in [-0.3, -0.25) is 14.5 Å². The highest BCUT2D eigenvalue weighted by molar-refractivity contribution is 7.18. The lowest BCUT2D eigenvalue weighted by Crippen LogP contribution is -2.40. The molecular formula is C21H22ClN3O5S. The summed E-state index contributed by atoms with van der Waals surface area (Å²) in [6.07, 6.45) is -1.46. The summed E-state index contributed by atoms with van der Waals surface area (Å²) in [6.45, 7) is 1.84. The van der Waals surface area contributed by atoms with Gasteiger partial charge in [-0.1, -0.05) is 17.7 Å². The molecule has 0 saturated carbocycles. The number of thiophene rings is 1. The lowest BCUT2D eigenvalue weighted by molar-refractivity contribution is -0.0146. The van der Waals surface area contributed by atoms with Gasteiger partial charge in [0, 0.05) is 31.6 Å². The zero-order valence-electron chi connectivity index (χ0n) is 17.1. The summed E-state index contributed by atoms with van der Waals surface area (Å²) in [5.41, 5.74) is 2.82. The fourth-order valence-corrected chi connectivity index (χ4v) is 4.89. The van der Waals surface area contributed by atoms with Crippen LogP contribution < -0.4 is 5.32 Å². The number of hydrogen-bond donors (Lipinski definition) is 1. The van der Waals surface area contributed by atoms with E-state index in [-0.39, 0.29) is 30.8 Å². The molecule has 0 radical (unpaired) electrons. The molecule has 1 aromatic heterocycles. The van der Waals surface area contributed by atoms with Crippen molar-refractivity contribution in [2.24, 2.45) is 0 Å². The maximum Gasteiger partial charge on any atom is 0.509 e. The third kappa shape index (κ3) is 4.68. The van der Waals surface area contributed by atoms with E-state index in [9.17, 15) is 14.4 Å². The number of amides is 2. The maximum atomic E-state index is 13.3. The molecule has 1 aromatic carbocycles. The number of nitrogens with one attached hydrogen (secondary N) is 1. The molecule has 1 fully saturated rings. The molecule has 4 rings (SSSR count). The van der Waals surface area contributed by atoms with Crippen LogP contribution in [0.4, 0.5) is 4.79 Å². The Morgan fingerprint density at radius 1 is 1.16 bits per heavy atom. The molecule has 1 saturated heterocycles. The molecular weight excluding hydrogens is 442 g/mol. The molecule has 2 aliphatic heterocycles. The normalized spacial score (nSPS) is 20.4. The maximum absolute atomic E-state index is 13.3.